The van der Waals surface area contributed by atoms with E-state index in [1.165, 1.54) is 25.0 Å². The highest BCUT2D eigenvalue weighted by molar-refractivity contribution is 9.09. The molecule has 2 atom stereocenters. The number of benzene rings is 1. The van der Waals surface area contributed by atoms with Crippen LogP contribution in [-0.4, -0.2) is 17.3 Å². The van der Waals surface area contributed by atoms with Gasteiger partial charge in [-0.2, -0.15) is 0 Å². The summed E-state index contributed by atoms with van der Waals surface area (Å²) in [6, 6.07) is 6.49. The Morgan fingerprint density at radius 2 is 2.16 bits per heavy atom. The fraction of sp³-hybridized carbons (Fsp3) is 0.533. The molecular weight excluding hydrogens is 309 g/mol. The van der Waals surface area contributed by atoms with Crippen molar-refractivity contribution in [2.45, 2.75) is 38.1 Å². The molecule has 0 spiro atoms. The lowest BCUT2D eigenvalue weighted by Crippen LogP contribution is -2.43. The normalized spacial score (nSPS) is 23.1. The molecular formula is C15H19BrFNO. The average Bonchev–Trinajstić information content (AvgIpc) is 2.39. The van der Waals surface area contributed by atoms with Crippen molar-refractivity contribution in [2.75, 3.05) is 5.33 Å². The number of hydrogen-bond acceptors (Lipinski definition) is 1. The highest BCUT2D eigenvalue weighted by atomic mass is 79.9. The van der Waals surface area contributed by atoms with Gasteiger partial charge in [-0.25, -0.2) is 4.39 Å². The molecule has 1 amide bonds. The number of carbonyl (C=O) groups is 1. The lowest BCUT2D eigenvalue weighted by atomic mass is 9.86. The quantitative estimate of drug-likeness (QED) is 0.843. The van der Waals surface area contributed by atoms with E-state index in [9.17, 15) is 9.18 Å². The van der Waals surface area contributed by atoms with Crippen molar-refractivity contribution >= 4 is 21.8 Å². The largest absolute Gasteiger partial charge is 0.353 e. The van der Waals surface area contributed by atoms with Gasteiger partial charge in [0.2, 0.25) is 5.91 Å². The first kappa shape index (κ1) is 14.5. The van der Waals surface area contributed by atoms with Gasteiger partial charge in [0.1, 0.15) is 5.82 Å². The highest BCUT2D eigenvalue weighted by Gasteiger charge is 2.25. The summed E-state index contributed by atoms with van der Waals surface area (Å²) in [5.74, 6) is 0.218. The second-order valence-corrected chi connectivity index (χ2v) is 5.83. The van der Waals surface area contributed by atoms with Gasteiger partial charge >= 0.3 is 0 Å². The number of amides is 1. The molecule has 19 heavy (non-hydrogen) atoms. The van der Waals surface area contributed by atoms with Crippen LogP contribution < -0.4 is 5.32 Å². The molecule has 4 heteroatoms. The first-order chi connectivity index (χ1) is 9.19. The third-order valence-electron chi connectivity index (χ3n) is 3.71. The maximum Gasteiger partial charge on any atom is 0.224 e. The summed E-state index contributed by atoms with van der Waals surface area (Å²) in [5, 5.41) is 4.02. The van der Waals surface area contributed by atoms with Crippen LogP contribution in [0.15, 0.2) is 24.3 Å². The van der Waals surface area contributed by atoms with Gasteiger partial charge in [-0.05, 0) is 36.5 Å². The summed E-state index contributed by atoms with van der Waals surface area (Å²) >= 11 is 3.52. The van der Waals surface area contributed by atoms with E-state index in [0.29, 0.717) is 5.92 Å². The van der Waals surface area contributed by atoms with Gasteiger partial charge in [0.05, 0.1) is 6.42 Å². The summed E-state index contributed by atoms with van der Waals surface area (Å²) in [6.45, 7) is 0. The lowest BCUT2D eigenvalue weighted by Gasteiger charge is -2.31. The zero-order valence-electron chi connectivity index (χ0n) is 10.9. The third kappa shape index (κ3) is 4.30. The molecule has 1 saturated carbocycles. The molecule has 1 N–H and O–H groups in total. The molecule has 0 heterocycles. The molecule has 104 valence electrons. The molecule has 0 bridgehead atoms. The molecule has 1 aromatic rings. The van der Waals surface area contributed by atoms with E-state index in [0.717, 1.165) is 23.7 Å². The maximum atomic E-state index is 13.1. The Kier molecular flexibility index (Phi) is 5.37. The van der Waals surface area contributed by atoms with E-state index in [-0.39, 0.29) is 24.2 Å². The summed E-state index contributed by atoms with van der Waals surface area (Å²) in [4.78, 5) is 12.0. The summed E-state index contributed by atoms with van der Waals surface area (Å²) in [6.07, 6.45) is 4.88. The van der Waals surface area contributed by atoms with Gasteiger partial charge in [0.15, 0.2) is 0 Å². The third-order valence-corrected chi connectivity index (χ3v) is 4.54. The van der Waals surface area contributed by atoms with Crippen molar-refractivity contribution < 1.29 is 9.18 Å². The SMILES string of the molecule is O=C(Cc1cccc(F)c1)NC1CCCCC1CBr. The average molecular weight is 328 g/mol. The van der Waals surface area contributed by atoms with Crippen molar-refractivity contribution in [1.29, 1.82) is 0 Å². The Hall–Kier alpha value is -0.900. The topological polar surface area (TPSA) is 29.1 Å². The minimum Gasteiger partial charge on any atom is -0.353 e. The van der Waals surface area contributed by atoms with E-state index in [2.05, 4.69) is 21.2 Å². The van der Waals surface area contributed by atoms with Crippen LogP contribution in [0.1, 0.15) is 31.2 Å². The molecule has 2 unspecified atom stereocenters. The van der Waals surface area contributed by atoms with Gasteiger partial charge in [0.25, 0.3) is 0 Å². The van der Waals surface area contributed by atoms with Gasteiger partial charge in [-0.1, -0.05) is 40.9 Å². The fourth-order valence-electron chi connectivity index (χ4n) is 2.67. The minimum absolute atomic E-state index is 0.0107. The Balaban J connectivity index is 1.90. The Bertz CT molecular complexity index is 438. The van der Waals surface area contributed by atoms with E-state index >= 15 is 0 Å². The minimum atomic E-state index is -0.290. The van der Waals surface area contributed by atoms with E-state index in [1.54, 1.807) is 12.1 Å². The zero-order chi connectivity index (χ0) is 13.7. The molecule has 1 fully saturated rings. The molecule has 1 aliphatic carbocycles. The molecule has 0 saturated heterocycles. The van der Waals surface area contributed by atoms with Gasteiger partial charge in [-0.3, -0.25) is 4.79 Å². The Labute approximate surface area is 121 Å². The second kappa shape index (κ2) is 7.04. The monoisotopic (exact) mass is 327 g/mol. The molecule has 1 aliphatic rings. The summed E-state index contributed by atoms with van der Waals surface area (Å²) < 4.78 is 13.1. The molecule has 1 aromatic carbocycles. The number of carbonyl (C=O) groups excluding carboxylic acids is 1. The maximum absolute atomic E-state index is 13.1. The van der Waals surface area contributed by atoms with Crippen molar-refractivity contribution in [1.82, 2.24) is 5.32 Å². The number of rotatable bonds is 4. The van der Waals surface area contributed by atoms with Crippen LogP contribution >= 0.6 is 15.9 Å². The second-order valence-electron chi connectivity index (χ2n) is 5.18. The lowest BCUT2D eigenvalue weighted by molar-refractivity contribution is -0.121. The van der Waals surface area contributed by atoms with Crippen molar-refractivity contribution in [3.63, 3.8) is 0 Å². The van der Waals surface area contributed by atoms with E-state index in [1.807, 2.05) is 0 Å². The van der Waals surface area contributed by atoms with Crippen LogP contribution in [0.5, 0.6) is 0 Å². The van der Waals surface area contributed by atoms with Gasteiger partial charge in [0, 0.05) is 11.4 Å². The summed E-state index contributed by atoms with van der Waals surface area (Å²) in [5.41, 5.74) is 0.726. The van der Waals surface area contributed by atoms with Crippen LogP contribution in [0, 0.1) is 11.7 Å². The van der Waals surface area contributed by atoms with Crippen molar-refractivity contribution in [3.05, 3.63) is 35.6 Å². The number of hydrogen-bond donors (Lipinski definition) is 1. The number of halogens is 2. The molecule has 0 radical (unpaired) electrons. The predicted octanol–water partition coefficient (Wildman–Crippen LogP) is 3.44. The first-order valence-corrected chi connectivity index (χ1v) is 7.91. The summed E-state index contributed by atoms with van der Waals surface area (Å²) in [7, 11) is 0. The van der Waals surface area contributed by atoms with Crippen LogP contribution in [0.25, 0.3) is 0 Å². The van der Waals surface area contributed by atoms with Crippen LogP contribution in [0.4, 0.5) is 4.39 Å². The van der Waals surface area contributed by atoms with Crippen molar-refractivity contribution in [3.8, 4) is 0 Å². The molecule has 0 aromatic heterocycles. The number of nitrogens with one attached hydrogen (secondary N) is 1. The van der Waals surface area contributed by atoms with Crippen molar-refractivity contribution in [2.24, 2.45) is 5.92 Å². The van der Waals surface area contributed by atoms with E-state index in [4.69, 9.17) is 0 Å². The highest BCUT2D eigenvalue weighted by Crippen LogP contribution is 2.25. The smallest absolute Gasteiger partial charge is 0.224 e. The van der Waals surface area contributed by atoms with Gasteiger partial charge < -0.3 is 5.32 Å². The standard InChI is InChI=1S/C15H19BrFNO/c16-10-12-5-1-2-7-14(12)18-15(19)9-11-4-3-6-13(17)8-11/h3-4,6,8,12,14H,1-2,5,7,9-10H2,(H,18,19). The molecule has 0 aliphatic heterocycles. The number of alkyl halides is 1. The first-order valence-electron chi connectivity index (χ1n) is 6.79. The van der Waals surface area contributed by atoms with Crippen LogP contribution in [0.2, 0.25) is 0 Å². The van der Waals surface area contributed by atoms with Crippen LogP contribution in [0.3, 0.4) is 0 Å². The molecule has 2 rings (SSSR count). The zero-order valence-corrected chi connectivity index (χ0v) is 12.5. The fourth-order valence-corrected chi connectivity index (χ4v) is 3.45. The van der Waals surface area contributed by atoms with Gasteiger partial charge in [-0.15, -0.1) is 0 Å². The predicted molar refractivity (Wildman–Crippen MR) is 77.8 cm³/mol. The van der Waals surface area contributed by atoms with Crippen LogP contribution in [-0.2, 0) is 11.2 Å². The van der Waals surface area contributed by atoms with E-state index < -0.39 is 0 Å². The molecule has 2 nitrogen and oxygen atoms in total. The Morgan fingerprint density at radius 1 is 1.37 bits per heavy atom. The Morgan fingerprint density at radius 3 is 2.89 bits per heavy atom.